The molecule has 0 bridgehead atoms. The van der Waals surface area contributed by atoms with Gasteiger partial charge in [0.05, 0.1) is 0 Å². The van der Waals surface area contributed by atoms with Gasteiger partial charge in [-0.2, -0.15) is 0 Å². The fraction of sp³-hybridized carbons (Fsp3) is 0.846. The molecule has 1 rings (SSSR count). The standard InChI is InChI=1S/C13H24N2O3/c1-3-15(9-11-5-4-6-11)13(18)14-10(2)7-8-12(16)17/h10-11H,3-9H2,1-2H3,(H,14,18)(H,16,17). The molecule has 1 fully saturated rings. The van der Waals surface area contributed by atoms with Crippen LogP contribution in [0.2, 0.25) is 0 Å². The minimum atomic E-state index is -0.821. The number of hydrogen-bond acceptors (Lipinski definition) is 2. The van der Waals surface area contributed by atoms with Gasteiger partial charge in [-0.25, -0.2) is 4.79 Å². The number of carboxylic acid groups (broad SMARTS) is 1. The third kappa shape index (κ3) is 4.94. The Morgan fingerprint density at radius 3 is 2.56 bits per heavy atom. The van der Waals surface area contributed by atoms with Crippen molar-refractivity contribution in [1.29, 1.82) is 0 Å². The van der Waals surface area contributed by atoms with Gasteiger partial charge in [-0.1, -0.05) is 6.42 Å². The third-order valence-corrected chi connectivity index (χ3v) is 3.53. The van der Waals surface area contributed by atoms with Crippen LogP contribution in [0.3, 0.4) is 0 Å². The number of carboxylic acids is 1. The van der Waals surface area contributed by atoms with E-state index in [1.165, 1.54) is 19.3 Å². The quantitative estimate of drug-likeness (QED) is 0.732. The smallest absolute Gasteiger partial charge is 0.317 e. The molecule has 18 heavy (non-hydrogen) atoms. The van der Waals surface area contributed by atoms with Gasteiger partial charge in [-0.05, 0) is 39.0 Å². The van der Waals surface area contributed by atoms with Gasteiger partial charge >= 0.3 is 12.0 Å². The highest BCUT2D eigenvalue weighted by Crippen LogP contribution is 2.27. The Labute approximate surface area is 109 Å². The second kappa shape index (κ2) is 7.24. The Morgan fingerprint density at radius 1 is 1.44 bits per heavy atom. The summed E-state index contributed by atoms with van der Waals surface area (Å²) in [6.07, 6.45) is 4.29. The van der Waals surface area contributed by atoms with Crippen LogP contribution in [-0.2, 0) is 4.79 Å². The molecule has 0 aliphatic heterocycles. The number of amides is 2. The lowest BCUT2D eigenvalue weighted by Gasteiger charge is -2.32. The molecule has 0 aromatic carbocycles. The van der Waals surface area contributed by atoms with Crippen LogP contribution in [0.15, 0.2) is 0 Å². The van der Waals surface area contributed by atoms with Crippen LogP contribution in [0.25, 0.3) is 0 Å². The first-order valence-corrected chi connectivity index (χ1v) is 6.80. The van der Waals surface area contributed by atoms with Crippen molar-refractivity contribution >= 4 is 12.0 Å². The van der Waals surface area contributed by atoms with Crippen LogP contribution in [0.1, 0.15) is 46.0 Å². The molecule has 5 heteroatoms. The Morgan fingerprint density at radius 2 is 2.11 bits per heavy atom. The molecule has 0 aromatic rings. The lowest BCUT2D eigenvalue weighted by atomic mass is 9.85. The molecule has 1 aliphatic carbocycles. The average Bonchev–Trinajstić information content (AvgIpc) is 2.25. The van der Waals surface area contributed by atoms with Crippen molar-refractivity contribution in [2.24, 2.45) is 5.92 Å². The molecule has 1 saturated carbocycles. The van der Waals surface area contributed by atoms with Gasteiger partial charge < -0.3 is 15.3 Å². The topological polar surface area (TPSA) is 69.6 Å². The van der Waals surface area contributed by atoms with Gasteiger partial charge in [0.2, 0.25) is 0 Å². The summed E-state index contributed by atoms with van der Waals surface area (Å²) in [6, 6.07) is -0.161. The number of rotatable bonds is 7. The predicted molar refractivity (Wildman–Crippen MR) is 69.5 cm³/mol. The number of nitrogens with zero attached hydrogens (tertiary/aromatic N) is 1. The zero-order chi connectivity index (χ0) is 13.5. The van der Waals surface area contributed by atoms with Crippen molar-refractivity contribution in [3.8, 4) is 0 Å². The lowest BCUT2D eigenvalue weighted by molar-refractivity contribution is -0.137. The number of nitrogens with one attached hydrogen (secondary N) is 1. The van der Waals surface area contributed by atoms with E-state index in [1.807, 2.05) is 18.7 Å². The summed E-state index contributed by atoms with van der Waals surface area (Å²) >= 11 is 0. The number of aliphatic carboxylic acids is 1. The molecular weight excluding hydrogens is 232 g/mol. The van der Waals surface area contributed by atoms with Gasteiger partial charge in [0.15, 0.2) is 0 Å². The summed E-state index contributed by atoms with van der Waals surface area (Å²) < 4.78 is 0. The van der Waals surface area contributed by atoms with Crippen molar-refractivity contribution in [2.45, 2.75) is 52.0 Å². The fourth-order valence-corrected chi connectivity index (χ4v) is 2.06. The maximum absolute atomic E-state index is 12.0. The first-order chi connectivity index (χ1) is 8.52. The monoisotopic (exact) mass is 256 g/mol. The molecule has 0 heterocycles. The van der Waals surface area contributed by atoms with Crippen LogP contribution in [0.5, 0.6) is 0 Å². The minimum Gasteiger partial charge on any atom is -0.481 e. The minimum absolute atomic E-state index is 0.0673. The second-order valence-corrected chi connectivity index (χ2v) is 5.12. The van der Waals surface area contributed by atoms with E-state index < -0.39 is 5.97 Å². The van der Waals surface area contributed by atoms with Crippen molar-refractivity contribution in [3.63, 3.8) is 0 Å². The van der Waals surface area contributed by atoms with Crippen LogP contribution in [0, 0.1) is 5.92 Å². The first kappa shape index (κ1) is 14.8. The van der Waals surface area contributed by atoms with Gasteiger partial charge in [-0.15, -0.1) is 0 Å². The van der Waals surface area contributed by atoms with Gasteiger partial charge in [-0.3, -0.25) is 4.79 Å². The van der Waals surface area contributed by atoms with Crippen molar-refractivity contribution < 1.29 is 14.7 Å². The predicted octanol–water partition coefficient (Wildman–Crippen LogP) is 2.07. The molecule has 2 N–H and O–H groups in total. The van der Waals surface area contributed by atoms with Crippen LogP contribution in [0.4, 0.5) is 4.79 Å². The SMILES string of the molecule is CCN(CC1CCC1)C(=O)NC(C)CCC(=O)O. The Hall–Kier alpha value is -1.26. The highest BCUT2D eigenvalue weighted by molar-refractivity contribution is 5.74. The largest absolute Gasteiger partial charge is 0.481 e. The van der Waals surface area contributed by atoms with Gasteiger partial charge in [0, 0.05) is 25.6 Å². The number of urea groups is 1. The zero-order valence-electron chi connectivity index (χ0n) is 11.3. The van der Waals surface area contributed by atoms with Crippen LogP contribution in [-0.4, -0.2) is 41.1 Å². The summed E-state index contributed by atoms with van der Waals surface area (Å²) in [5.41, 5.74) is 0. The van der Waals surface area contributed by atoms with E-state index >= 15 is 0 Å². The van der Waals surface area contributed by atoms with Crippen molar-refractivity contribution in [2.75, 3.05) is 13.1 Å². The maximum atomic E-state index is 12.0. The van der Waals surface area contributed by atoms with E-state index in [0.29, 0.717) is 18.9 Å². The van der Waals surface area contributed by atoms with E-state index in [4.69, 9.17) is 5.11 Å². The molecule has 0 saturated heterocycles. The number of carbonyl (C=O) groups excluding carboxylic acids is 1. The average molecular weight is 256 g/mol. The Bertz CT molecular complexity index is 290. The summed E-state index contributed by atoms with van der Waals surface area (Å²) in [5.74, 6) is -0.164. The van der Waals surface area contributed by atoms with Crippen molar-refractivity contribution in [1.82, 2.24) is 10.2 Å². The molecule has 0 aromatic heterocycles. The fourth-order valence-electron chi connectivity index (χ4n) is 2.06. The molecule has 0 spiro atoms. The Balaban J connectivity index is 2.29. The summed E-state index contributed by atoms with van der Waals surface area (Å²) in [7, 11) is 0. The van der Waals surface area contributed by atoms with Crippen molar-refractivity contribution in [3.05, 3.63) is 0 Å². The molecule has 2 amide bonds. The highest BCUT2D eigenvalue weighted by atomic mass is 16.4. The molecule has 1 aliphatic rings. The number of carbonyl (C=O) groups is 2. The summed E-state index contributed by atoms with van der Waals surface area (Å²) in [4.78, 5) is 24.2. The molecule has 5 nitrogen and oxygen atoms in total. The van der Waals surface area contributed by atoms with E-state index in [-0.39, 0.29) is 18.5 Å². The molecular formula is C13H24N2O3. The summed E-state index contributed by atoms with van der Waals surface area (Å²) in [5, 5.41) is 11.5. The van der Waals surface area contributed by atoms with E-state index in [0.717, 1.165) is 6.54 Å². The lowest BCUT2D eigenvalue weighted by Crippen LogP contribution is -2.46. The number of hydrogen-bond donors (Lipinski definition) is 2. The zero-order valence-corrected chi connectivity index (χ0v) is 11.3. The highest BCUT2D eigenvalue weighted by Gasteiger charge is 2.23. The maximum Gasteiger partial charge on any atom is 0.317 e. The molecule has 1 atom stereocenters. The third-order valence-electron chi connectivity index (χ3n) is 3.53. The summed E-state index contributed by atoms with van der Waals surface area (Å²) in [6.45, 7) is 5.35. The molecule has 104 valence electrons. The molecule has 0 radical (unpaired) electrons. The van der Waals surface area contributed by atoms with E-state index in [9.17, 15) is 9.59 Å². The molecule has 1 unspecified atom stereocenters. The second-order valence-electron chi connectivity index (χ2n) is 5.12. The van der Waals surface area contributed by atoms with Crippen LogP contribution < -0.4 is 5.32 Å². The Kier molecular flexibility index (Phi) is 5.95. The van der Waals surface area contributed by atoms with Gasteiger partial charge in [0.1, 0.15) is 0 Å². The van der Waals surface area contributed by atoms with E-state index in [1.54, 1.807) is 0 Å². The first-order valence-electron chi connectivity index (χ1n) is 6.80. The van der Waals surface area contributed by atoms with Gasteiger partial charge in [0.25, 0.3) is 0 Å². The van der Waals surface area contributed by atoms with E-state index in [2.05, 4.69) is 5.32 Å². The van der Waals surface area contributed by atoms with Crippen LogP contribution >= 0.6 is 0 Å². The normalized spacial score (nSPS) is 16.8.